The molecule has 0 heterocycles. The van der Waals surface area contributed by atoms with Crippen molar-refractivity contribution >= 4 is 11.9 Å². The van der Waals surface area contributed by atoms with E-state index in [2.05, 4.69) is 0 Å². The van der Waals surface area contributed by atoms with Crippen LogP contribution in [0.25, 0.3) is 0 Å². The monoisotopic (exact) mass is 174 g/mol. The first kappa shape index (κ1) is 13.1. The van der Waals surface area contributed by atoms with Gasteiger partial charge in [-0.25, -0.2) is 4.79 Å². The van der Waals surface area contributed by atoms with Gasteiger partial charge in [-0.3, -0.25) is 4.79 Å². The van der Waals surface area contributed by atoms with Crippen LogP contribution in [0.3, 0.4) is 0 Å². The number of carboxylic acids is 2. The van der Waals surface area contributed by atoms with Gasteiger partial charge in [-0.2, -0.15) is 0 Å². The fraction of sp³-hybridized carbons (Fsp3) is 0.500. The van der Waals surface area contributed by atoms with E-state index in [4.69, 9.17) is 15.3 Å². The maximum atomic E-state index is 9.72. The molecule has 0 saturated carbocycles. The zero-order chi connectivity index (χ0) is 7.44. The molecule has 54 valence electrons. The molecule has 1 atom stereocenters. The van der Waals surface area contributed by atoms with E-state index in [9.17, 15) is 9.59 Å². The maximum absolute atomic E-state index is 9.72. The van der Waals surface area contributed by atoms with Gasteiger partial charge in [0.15, 0.2) is 6.10 Å². The van der Waals surface area contributed by atoms with Crippen LogP contribution in [-0.4, -0.2) is 33.4 Å². The van der Waals surface area contributed by atoms with Crippen molar-refractivity contribution in [1.82, 2.24) is 0 Å². The van der Waals surface area contributed by atoms with Crippen molar-refractivity contribution in [2.75, 3.05) is 0 Å². The average Bonchev–Trinajstić information content (AvgIpc) is 1.63. The second kappa shape index (κ2) is 6.26. The third-order valence-corrected chi connectivity index (χ3v) is 0.653. The van der Waals surface area contributed by atoms with Gasteiger partial charge in [0.1, 0.15) is 0 Å². The standard InChI is InChI=1S/C4H6O5.K.H/c5-2(4(8)9)1-3(6)7;;/h2,5H,1H2,(H,6,7)(H,8,9);;/q;+1;-1. The predicted molar refractivity (Wildman–Crippen MR) is 27.0 cm³/mol. The number of hydrogen-bond donors (Lipinski definition) is 3. The Balaban J connectivity index is -0.000000320. The molecule has 0 aliphatic carbocycles. The fourth-order valence-corrected chi connectivity index (χ4v) is 0.253. The van der Waals surface area contributed by atoms with Crippen molar-refractivity contribution in [3.8, 4) is 0 Å². The largest absolute Gasteiger partial charge is 1.00 e. The van der Waals surface area contributed by atoms with Crippen LogP contribution in [0.1, 0.15) is 7.85 Å². The molecule has 0 rings (SSSR count). The predicted octanol–water partition coefficient (Wildman–Crippen LogP) is -3.98. The van der Waals surface area contributed by atoms with Gasteiger partial charge >= 0.3 is 63.3 Å². The molecule has 10 heavy (non-hydrogen) atoms. The number of carbonyl (C=O) groups is 2. The minimum absolute atomic E-state index is 0. The smallest absolute Gasteiger partial charge is 1.00 e. The van der Waals surface area contributed by atoms with Gasteiger partial charge in [0.25, 0.3) is 0 Å². The van der Waals surface area contributed by atoms with Gasteiger partial charge in [-0.05, 0) is 0 Å². The van der Waals surface area contributed by atoms with Crippen LogP contribution >= 0.6 is 0 Å². The molecule has 0 aromatic heterocycles. The molecule has 0 aromatic rings. The minimum Gasteiger partial charge on any atom is -1.00 e. The second-order valence-corrected chi connectivity index (χ2v) is 1.45. The van der Waals surface area contributed by atoms with Crippen LogP contribution in [0, 0.1) is 0 Å². The van der Waals surface area contributed by atoms with Gasteiger partial charge in [0, 0.05) is 0 Å². The topological polar surface area (TPSA) is 94.8 Å². The van der Waals surface area contributed by atoms with E-state index < -0.39 is 24.5 Å². The van der Waals surface area contributed by atoms with E-state index in [1.807, 2.05) is 0 Å². The van der Waals surface area contributed by atoms with Crippen molar-refractivity contribution in [1.29, 1.82) is 0 Å². The Labute approximate surface area is 101 Å². The Bertz CT molecular complexity index is 138. The molecule has 0 aliphatic rings. The summed E-state index contributed by atoms with van der Waals surface area (Å²) in [5.74, 6) is -2.85. The number of aliphatic carboxylic acids is 2. The van der Waals surface area contributed by atoms with Gasteiger partial charge in [-0.15, -0.1) is 0 Å². The molecule has 6 heteroatoms. The third-order valence-electron chi connectivity index (χ3n) is 0.653. The first-order valence-electron chi connectivity index (χ1n) is 2.16. The normalized spacial score (nSPS) is 11.3. The molecule has 0 amide bonds. The molecular formula is C4H7KO5. The number of carboxylic acid groups (broad SMARTS) is 2. The first-order chi connectivity index (χ1) is 4.04. The van der Waals surface area contributed by atoms with Crippen LogP contribution in [0.2, 0.25) is 0 Å². The Morgan fingerprint density at radius 1 is 1.40 bits per heavy atom. The molecule has 3 N–H and O–H groups in total. The molecule has 0 saturated heterocycles. The Morgan fingerprint density at radius 2 is 1.80 bits per heavy atom. The molecular weight excluding hydrogens is 167 g/mol. The molecule has 1 unspecified atom stereocenters. The number of aliphatic hydroxyl groups excluding tert-OH is 1. The molecule has 0 aliphatic heterocycles. The fourth-order valence-electron chi connectivity index (χ4n) is 0.253. The third kappa shape index (κ3) is 6.65. The van der Waals surface area contributed by atoms with Crippen LogP contribution in [0.4, 0.5) is 0 Å². The summed E-state index contributed by atoms with van der Waals surface area (Å²) in [6.07, 6.45) is -2.54. The van der Waals surface area contributed by atoms with Gasteiger partial charge < -0.3 is 16.7 Å². The number of rotatable bonds is 3. The summed E-state index contributed by atoms with van der Waals surface area (Å²) in [6.45, 7) is 0. The summed E-state index contributed by atoms with van der Waals surface area (Å²) in [5, 5.41) is 24.1. The summed E-state index contributed by atoms with van der Waals surface area (Å²) >= 11 is 0. The van der Waals surface area contributed by atoms with E-state index in [-0.39, 0.29) is 52.8 Å². The summed E-state index contributed by atoms with van der Waals surface area (Å²) in [6, 6.07) is 0. The molecule has 0 aromatic carbocycles. The SMILES string of the molecule is O=C(O)CC(O)C(=O)O.[H-].[K+]. The van der Waals surface area contributed by atoms with Crippen molar-refractivity contribution in [2.24, 2.45) is 0 Å². The number of aliphatic hydroxyl groups is 1. The van der Waals surface area contributed by atoms with Crippen LogP contribution in [0.15, 0.2) is 0 Å². The molecule has 0 spiro atoms. The summed E-state index contributed by atoms with van der Waals surface area (Å²) in [7, 11) is 0. The molecule has 5 nitrogen and oxygen atoms in total. The van der Waals surface area contributed by atoms with Crippen LogP contribution in [-0.2, 0) is 9.59 Å². The Morgan fingerprint density at radius 3 is 1.90 bits per heavy atom. The van der Waals surface area contributed by atoms with E-state index in [1.165, 1.54) is 0 Å². The Kier molecular flexibility index (Phi) is 8.23. The first-order valence-corrected chi connectivity index (χ1v) is 2.16. The summed E-state index contributed by atoms with van der Waals surface area (Å²) in [4.78, 5) is 19.4. The van der Waals surface area contributed by atoms with E-state index in [0.717, 1.165) is 0 Å². The van der Waals surface area contributed by atoms with Crippen molar-refractivity contribution in [2.45, 2.75) is 12.5 Å². The molecule has 0 bridgehead atoms. The quantitative estimate of drug-likeness (QED) is 0.379. The van der Waals surface area contributed by atoms with E-state index in [1.54, 1.807) is 0 Å². The summed E-state index contributed by atoms with van der Waals surface area (Å²) in [5.41, 5.74) is 0. The zero-order valence-corrected chi connectivity index (χ0v) is 8.57. The van der Waals surface area contributed by atoms with Gasteiger partial charge in [0.2, 0.25) is 0 Å². The number of hydrogen-bond acceptors (Lipinski definition) is 3. The average molecular weight is 174 g/mol. The van der Waals surface area contributed by atoms with Gasteiger partial charge in [-0.1, -0.05) is 0 Å². The molecule has 0 fully saturated rings. The van der Waals surface area contributed by atoms with Crippen LogP contribution in [0.5, 0.6) is 0 Å². The van der Waals surface area contributed by atoms with E-state index >= 15 is 0 Å². The zero-order valence-electron chi connectivity index (χ0n) is 6.44. The van der Waals surface area contributed by atoms with Crippen molar-refractivity contribution in [3.05, 3.63) is 0 Å². The Hall–Kier alpha value is 0.536. The van der Waals surface area contributed by atoms with Gasteiger partial charge in [0.05, 0.1) is 6.42 Å². The van der Waals surface area contributed by atoms with Crippen LogP contribution < -0.4 is 51.4 Å². The van der Waals surface area contributed by atoms with E-state index in [0.29, 0.717) is 0 Å². The summed E-state index contributed by atoms with van der Waals surface area (Å²) < 4.78 is 0. The van der Waals surface area contributed by atoms with Crippen molar-refractivity contribution < 1.29 is 77.7 Å². The van der Waals surface area contributed by atoms with Crippen molar-refractivity contribution in [3.63, 3.8) is 0 Å². The minimum atomic E-state index is -1.79. The second-order valence-electron chi connectivity index (χ2n) is 1.45. The maximum Gasteiger partial charge on any atom is 1.00 e. The molecule has 0 radical (unpaired) electrons.